The fraction of sp³-hybridized carbons (Fsp3) is 0.316. The number of halogens is 2. The Hall–Kier alpha value is -1.70. The summed E-state index contributed by atoms with van der Waals surface area (Å²) >= 11 is 5.00. The van der Waals surface area contributed by atoms with Crippen LogP contribution < -0.4 is 10.2 Å². The van der Waals surface area contributed by atoms with E-state index < -0.39 is 0 Å². The first-order chi connectivity index (χ1) is 12.6. The van der Waals surface area contributed by atoms with Gasteiger partial charge in [-0.05, 0) is 58.4 Å². The minimum atomic E-state index is -0.205. The number of carbonyl (C=O) groups is 1. The van der Waals surface area contributed by atoms with Crippen LogP contribution in [0.3, 0.4) is 0 Å². The normalized spacial score (nSPS) is 15.5. The van der Waals surface area contributed by atoms with Crippen molar-refractivity contribution in [2.45, 2.75) is 0 Å². The molecule has 4 nitrogen and oxygen atoms in total. The van der Waals surface area contributed by atoms with Crippen LogP contribution in [0.2, 0.25) is 0 Å². The van der Waals surface area contributed by atoms with Crippen LogP contribution in [-0.2, 0) is 4.79 Å². The summed E-state index contributed by atoms with van der Waals surface area (Å²) in [6.07, 6.45) is 3.40. The van der Waals surface area contributed by atoms with E-state index >= 15 is 0 Å². The average molecular weight is 438 g/mol. The van der Waals surface area contributed by atoms with Crippen molar-refractivity contribution in [1.29, 1.82) is 0 Å². The van der Waals surface area contributed by atoms with Crippen molar-refractivity contribution in [2.24, 2.45) is 0 Å². The molecule has 0 aliphatic carbocycles. The minimum Gasteiger partial charge on any atom is -0.369 e. The molecule has 0 bridgehead atoms. The summed E-state index contributed by atoms with van der Waals surface area (Å²) in [5, 5.41) is 2.93. The van der Waals surface area contributed by atoms with Crippen molar-refractivity contribution in [3.63, 3.8) is 0 Å². The molecule has 2 heterocycles. The van der Waals surface area contributed by atoms with E-state index in [2.05, 4.69) is 31.0 Å². The summed E-state index contributed by atoms with van der Waals surface area (Å²) in [6, 6.07) is 10.6. The van der Waals surface area contributed by atoms with Crippen molar-refractivity contribution in [3.8, 4) is 0 Å². The molecular weight excluding hydrogens is 417 g/mol. The molecule has 1 fully saturated rings. The fourth-order valence-corrected chi connectivity index (χ4v) is 4.18. The highest BCUT2D eigenvalue weighted by atomic mass is 79.9. The van der Waals surface area contributed by atoms with Gasteiger partial charge in [-0.1, -0.05) is 0 Å². The highest BCUT2D eigenvalue weighted by molar-refractivity contribution is 9.11. The van der Waals surface area contributed by atoms with Crippen LogP contribution in [0.1, 0.15) is 4.88 Å². The van der Waals surface area contributed by atoms with Crippen molar-refractivity contribution in [2.75, 3.05) is 44.2 Å². The van der Waals surface area contributed by atoms with Crippen LogP contribution in [0.25, 0.3) is 6.08 Å². The lowest BCUT2D eigenvalue weighted by atomic mass is 10.2. The number of thiophene rings is 1. The third kappa shape index (κ3) is 5.65. The number of anilines is 1. The number of benzene rings is 1. The van der Waals surface area contributed by atoms with E-state index in [-0.39, 0.29) is 11.7 Å². The van der Waals surface area contributed by atoms with Gasteiger partial charge in [0.05, 0.1) is 3.79 Å². The van der Waals surface area contributed by atoms with Gasteiger partial charge < -0.3 is 10.2 Å². The molecule has 1 aliphatic heterocycles. The number of carbonyl (C=O) groups excluding carboxylic acids is 1. The maximum atomic E-state index is 13.0. The molecule has 0 spiro atoms. The molecule has 7 heteroatoms. The highest BCUT2D eigenvalue weighted by Gasteiger charge is 2.16. The summed E-state index contributed by atoms with van der Waals surface area (Å²) in [6.45, 7) is 5.16. The Morgan fingerprint density at radius 3 is 2.54 bits per heavy atom. The van der Waals surface area contributed by atoms with Gasteiger partial charge in [0.1, 0.15) is 5.82 Å². The Kier molecular flexibility index (Phi) is 6.82. The second-order valence-corrected chi connectivity index (χ2v) is 8.57. The maximum Gasteiger partial charge on any atom is 0.244 e. The van der Waals surface area contributed by atoms with Gasteiger partial charge in [0, 0.05) is 55.9 Å². The zero-order chi connectivity index (χ0) is 18.4. The molecule has 0 saturated carbocycles. The fourth-order valence-electron chi connectivity index (χ4n) is 2.85. The molecule has 26 heavy (non-hydrogen) atoms. The summed E-state index contributed by atoms with van der Waals surface area (Å²) in [7, 11) is 0. The molecule has 1 aliphatic rings. The number of nitrogens with zero attached hydrogens (tertiary/aromatic N) is 2. The lowest BCUT2D eigenvalue weighted by Gasteiger charge is -2.36. The predicted molar refractivity (Wildman–Crippen MR) is 109 cm³/mol. The average Bonchev–Trinajstić information content (AvgIpc) is 3.07. The molecular formula is C19H21BrFN3OS. The highest BCUT2D eigenvalue weighted by Crippen LogP contribution is 2.22. The van der Waals surface area contributed by atoms with E-state index in [1.807, 2.05) is 30.3 Å². The standard InChI is InChI=1S/C19H21BrFN3OS/c20-18-7-5-17(26-18)6-8-19(25)22-9-10-23-11-13-24(14-12-23)16-3-1-15(21)2-4-16/h1-8H,9-14H2,(H,22,25)/b8-6+. The molecule has 1 N–H and O–H groups in total. The summed E-state index contributed by atoms with van der Waals surface area (Å²) in [5.74, 6) is -0.275. The van der Waals surface area contributed by atoms with Gasteiger partial charge in [0.15, 0.2) is 0 Å². The van der Waals surface area contributed by atoms with Gasteiger partial charge in [0.25, 0.3) is 0 Å². The number of nitrogens with one attached hydrogen (secondary N) is 1. The molecule has 1 aromatic heterocycles. The first kappa shape index (κ1) is 19.1. The topological polar surface area (TPSA) is 35.6 Å². The van der Waals surface area contributed by atoms with Crippen LogP contribution in [0.15, 0.2) is 46.3 Å². The van der Waals surface area contributed by atoms with Gasteiger partial charge in [-0.25, -0.2) is 4.39 Å². The van der Waals surface area contributed by atoms with Gasteiger partial charge in [-0.3, -0.25) is 9.69 Å². The second kappa shape index (κ2) is 9.30. The van der Waals surface area contributed by atoms with E-state index in [1.54, 1.807) is 17.4 Å². The zero-order valence-electron chi connectivity index (χ0n) is 14.3. The van der Waals surface area contributed by atoms with E-state index in [0.29, 0.717) is 6.54 Å². The van der Waals surface area contributed by atoms with Gasteiger partial charge in [0.2, 0.25) is 5.91 Å². The van der Waals surface area contributed by atoms with Crippen LogP contribution in [-0.4, -0.2) is 50.1 Å². The molecule has 1 aromatic carbocycles. The van der Waals surface area contributed by atoms with Crippen LogP contribution in [0.4, 0.5) is 10.1 Å². The maximum absolute atomic E-state index is 13.0. The van der Waals surface area contributed by atoms with Crippen LogP contribution in [0, 0.1) is 5.82 Å². The van der Waals surface area contributed by atoms with Gasteiger partial charge >= 0.3 is 0 Å². The monoisotopic (exact) mass is 437 g/mol. The lowest BCUT2D eigenvalue weighted by molar-refractivity contribution is -0.116. The van der Waals surface area contributed by atoms with E-state index in [9.17, 15) is 9.18 Å². The zero-order valence-corrected chi connectivity index (χ0v) is 16.7. The number of amides is 1. The van der Waals surface area contributed by atoms with E-state index in [4.69, 9.17) is 0 Å². The van der Waals surface area contributed by atoms with Crippen LogP contribution in [0.5, 0.6) is 0 Å². The smallest absolute Gasteiger partial charge is 0.244 e. The van der Waals surface area contributed by atoms with Gasteiger partial charge in [-0.15, -0.1) is 11.3 Å². The third-order valence-corrected chi connectivity index (χ3v) is 5.87. The second-order valence-electron chi connectivity index (χ2n) is 6.07. The van der Waals surface area contributed by atoms with Crippen molar-refractivity contribution in [1.82, 2.24) is 10.2 Å². The quantitative estimate of drug-likeness (QED) is 0.701. The van der Waals surface area contributed by atoms with Crippen molar-refractivity contribution < 1.29 is 9.18 Å². The Morgan fingerprint density at radius 1 is 1.15 bits per heavy atom. The van der Waals surface area contributed by atoms with Gasteiger partial charge in [-0.2, -0.15) is 0 Å². The molecule has 3 rings (SSSR count). The Morgan fingerprint density at radius 2 is 1.88 bits per heavy atom. The number of hydrogen-bond acceptors (Lipinski definition) is 4. The summed E-state index contributed by atoms with van der Waals surface area (Å²) < 4.78 is 14.1. The predicted octanol–water partition coefficient (Wildman–Crippen LogP) is 3.60. The third-order valence-electron chi connectivity index (χ3n) is 4.28. The van der Waals surface area contributed by atoms with E-state index in [0.717, 1.165) is 47.1 Å². The Bertz CT molecular complexity index is 754. The van der Waals surface area contributed by atoms with Crippen molar-refractivity contribution >= 4 is 44.9 Å². The summed E-state index contributed by atoms with van der Waals surface area (Å²) in [4.78, 5) is 17.5. The molecule has 0 atom stereocenters. The first-order valence-electron chi connectivity index (χ1n) is 8.54. The molecule has 0 unspecified atom stereocenters. The first-order valence-corrected chi connectivity index (χ1v) is 10.2. The molecule has 138 valence electrons. The SMILES string of the molecule is O=C(/C=C/c1ccc(Br)s1)NCCN1CCN(c2ccc(F)cc2)CC1. The number of rotatable bonds is 6. The number of hydrogen-bond donors (Lipinski definition) is 1. The molecule has 0 radical (unpaired) electrons. The Labute approximate surface area is 165 Å². The van der Waals surface area contributed by atoms with E-state index in [1.165, 1.54) is 12.1 Å². The Balaban J connectivity index is 1.35. The largest absolute Gasteiger partial charge is 0.369 e. The molecule has 1 saturated heterocycles. The molecule has 2 aromatic rings. The summed E-state index contributed by atoms with van der Waals surface area (Å²) in [5.41, 5.74) is 1.06. The van der Waals surface area contributed by atoms with Crippen LogP contribution >= 0.6 is 27.3 Å². The molecule has 1 amide bonds. The number of piperazine rings is 1. The minimum absolute atomic E-state index is 0.0699. The van der Waals surface area contributed by atoms with Crippen molar-refractivity contribution in [3.05, 3.63) is 57.0 Å². The lowest BCUT2D eigenvalue weighted by Crippen LogP contribution is -2.48.